The highest BCUT2D eigenvalue weighted by atomic mass is 16.6. The number of morpholine rings is 1. The molecule has 5 rings (SSSR count). The molecule has 10 heteroatoms. The van der Waals surface area contributed by atoms with Crippen molar-refractivity contribution in [3.8, 4) is 17.2 Å². The summed E-state index contributed by atoms with van der Waals surface area (Å²) >= 11 is 0. The van der Waals surface area contributed by atoms with Gasteiger partial charge in [0.15, 0.2) is 5.58 Å². The molecule has 0 unspecified atom stereocenters. The quantitative estimate of drug-likeness (QED) is 0.226. The van der Waals surface area contributed by atoms with Gasteiger partial charge in [-0.2, -0.15) is 0 Å². The van der Waals surface area contributed by atoms with Gasteiger partial charge in [-0.1, -0.05) is 13.0 Å². The number of phenolic OH excluding ortho intramolecular Hbond substituents is 1. The van der Waals surface area contributed by atoms with Gasteiger partial charge in [-0.3, -0.25) is 14.9 Å². The van der Waals surface area contributed by atoms with Gasteiger partial charge in [-0.25, -0.2) is 4.98 Å². The van der Waals surface area contributed by atoms with Crippen LogP contribution in [0, 0.1) is 10.1 Å². The summed E-state index contributed by atoms with van der Waals surface area (Å²) in [4.78, 5) is 30.5. The Morgan fingerprint density at radius 2 is 1.94 bits per heavy atom. The second-order valence-electron chi connectivity index (χ2n) is 8.42. The summed E-state index contributed by atoms with van der Waals surface area (Å²) in [5, 5.41) is 24.9. The maximum Gasteiger partial charge on any atom is 0.293 e. The molecule has 36 heavy (non-hydrogen) atoms. The smallest absolute Gasteiger partial charge is 0.293 e. The van der Waals surface area contributed by atoms with Crippen LogP contribution < -0.4 is 10.2 Å². The summed E-state index contributed by atoms with van der Waals surface area (Å²) in [5.41, 5.74) is 3.51. The van der Waals surface area contributed by atoms with Gasteiger partial charge in [0.05, 0.1) is 23.7 Å². The zero-order chi connectivity index (χ0) is 25.2. The molecule has 1 aliphatic heterocycles. The summed E-state index contributed by atoms with van der Waals surface area (Å²) < 4.78 is 11.1. The van der Waals surface area contributed by atoms with Crippen molar-refractivity contribution < 1.29 is 24.0 Å². The fourth-order valence-electron chi connectivity index (χ4n) is 4.18. The van der Waals surface area contributed by atoms with E-state index in [0.717, 1.165) is 12.0 Å². The van der Waals surface area contributed by atoms with Gasteiger partial charge in [0.25, 0.3) is 11.6 Å². The second-order valence-corrected chi connectivity index (χ2v) is 8.42. The van der Waals surface area contributed by atoms with E-state index in [-0.39, 0.29) is 22.9 Å². The van der Waals surface area contributed by atoms with E-state index in [1.807, 2.05) is 30.0 Å². The number of hydrogen-bond donors (Lipinski definition) is 2. The Bertz CT molecular complexity index is 1460. The minimum atomic E-state index is -0.520. The van der Waals surface area contributed by atoms with E-state index in [2.05, 4.69) is 10.3 Å². The van der Waals surface area contributed by atoms with Crippen molar-refractivity contribution >= 4 is 34.1 Å². The third-order valence-electron chi connectivity index (χ3n) is 6.13. The number of anilines is 2. The summed E-state index contributed by atoms with van der Waals surface area (Å²) in [7, 11) is 0. The van der Waals surface area contributed by atoms with Crippen LogP contribution in [-0.4, -0.2) is 47.2 Å². The van der Waals surface area contributed by atoms with E-state index in [9.17, 15) is 20.0 Å². The predicted molar refractivity (Wildman–Crippen MR) is 135 cm³/mol. The van der Waals surface area contributed by atoms with E-state index in [0.29, 0.717) is 54.3 Å². The van der Waals surface area contributed by atoms with Crippen LogP contribution in [0.4, 0.5) is 17.1 Å². The van der Waals surface area contributed by atoms with Crippen LogP contribution in [-0.2, 0) is 11.2 Å². The number of benzene rings is 3. The summed E-state index contributed by atoms with van der Waals surface area (Å²) in [5.74, 6) is -0.355. The third-order valence-corrected chi connectivity index (χ3v) is 6.13. The van der Waals surface area contributed by atoms with E-state index < -0.39 is 10.8 Å². The number of aromatic hydroxyl groups is 1. The normalized spacial score (nSPS) is 13.6. The number of nitrogens with one attached hydrogen (secondary N) is 1. The van der Waals surface area contributed by atoms with E-state index in [1.165, 1.54) is 18.2 Å². The average molecular weight is 489 g/mol. The number of nitro groups is 1. The molecule has 0 aliphatic carbocycles. The van der Waals surface area contributed by atoms with Crippen molar-refractivity contribution in [3.05, 3.63) is 75.8 Å². The number of hydrogen-bond acceptors (Lipinski definition) is 8. The van der Waals surface area contributed by atoms with E-state index in [1.54, 1.807) is 18.2 Å². The molecule has 2 heterocycles. The highest BCUT2D eigenvalue weighted by Crippen LogP contribution is 2.34. The number of rotatable bonds is 6. The SMILES string of the molecule is CCc1ccc2oc(-c3cc(NC(=O)c4ccc(N5CCOCC5)c([N+](=O)[O-])c4)ccc3O)nc2c1. The molecule has 184 valence electrons. The van der Waals surface area contributed by atoms with Crippen LogP contribution >= 0.6 is 0 Å². The number of nitrogens with zero attached hydrogens (tertiary/aromatic N) is 3. The lowest BCUT2D eigenvalue weighted by atomic mass is 10.1. The zero-order valence-electron chi connectivity index (χ0n) is 19.6. The standard InChI is InChI=1S/C26H24N4O6/c1-2-16-3-8-24-20(13-16)28-26(36-24)19-15-18(5-7-23(19)31)27-25(32)17-4-6-21(22(14-17)30(33)34)29-9-11-35-12-10-29/h3-8,13-15,31H,2,9-12H2,1H3,(H,27,32). The lowest BCUT2D eigenvalue weighted by molar-refractivity contribution is -0.384. The highest BCUT2D eigenvalue weighted by Gasteiger charge is 2.23. The summed E-state index contributed by atoms with van der Waals surface area (Å²) in [6.45, 7) is 4.10. The van der Waals surface area contributed by atoms with Gasteiger partial charge >= 0.3 is 0 Å². The molecule has 0 spiro atoms. The molecular weight excluding hydrogens is 464 g/mol. The molecule has 4 aromatic rings. The number of amides is 1. The third kappa shape index (κ3) is 4.58. The Hall–Kier alpha value is -4.44. The van der Waals surface area contributed by atoms with Crippen molar-refractivity contribution in [2.75, 3.05) is 36.5 Å². The molecule has 1 aliphatic rings. The zero-order valence-corrected chi connectivity index (χ0v) is 19.6. The molecule has 3 aromatic carbocycles. The molecule has 1 aromatic heterocycles. The van der Waals surface area contributed by atoms with Crippen LogP contribution in [0.3, 0.4) is 0 Å². The number of nitro benzene ring substituents is 1. The first-order valence-electron chi connectivity index (χ1n) is 11.6. The van der Waals surface area contributed by atoms with Gasteiger partial charge in [0.2, 0.25) is 5.89 Å². The van der Waals surface area contributed by atoms with Crippen molar-refractivity contribution in [3.63, 3.8) is 0 Å². The van der Waals surface area contributed by atoms with Crippen LogP contribution in [0.15, 0.2) is 59.0 Å². The molecule has 0 saturated carbocycles. The van der Waals surface area contributed by atoms with E-state index in [4.69, 9.17) is 9.15 Å². The van der Waals surface area contributed by atoms with Crippen molar-refractivity contribution in [1.29, 1.82) is 0 Å². The number of ether oxygens (including phenoxy) is 1. The number of fused-ring (bicyclic) bond motifs is 1. The minimum absolute atomic E-state index is 0.0548. The van der Waals surface area contributed by atoms with E-state index >= 15 is 0 Å². The number of oxazole rings is 1. The second kappa shape index (κ2) is 9.67. The molecule has 0 bridgehead atoms. The average Bonchev–Trinajstić information content (AvgIpc) is 3.33. The first-order chi connectivity index (χ1) is 17.4. The monoisotopic (exact) mass is 488 g/mol. The molecule has 1 amide bonds. The van der Waals surface area contributed by atoms with Crippen LogP contribution in [0.5, 0.6) is 5.75 Å². The van der Waals surface area contributed by atoms with Gasteiger partial charge in [-0.05, 0) is 54.4 Å². The van der Waals surface area contributed by atoms with Crippen LogP contribution in [0.25, 0.3) is 22.6 Å². The highest BCUT2D eigenvalue weighted by molar-refractivity contribution is 6.05. The lowest BCUT2D eigenvalue weighted by Gasteiger charge is -2.28. The van der Waals surface area contributed by atoms with Crippen molar-refractivity contribution in [2.24, 2.45) is 0 Å². The first-order valence-corrected chi connectivity index (χ1v) is 11.6. The molecule has 1 fully saturated rings. The Kier molecular flexibility index (Phi) is 6.26. The summed E-state index contributed by atoms with van der Waals surface area (Å²) in [6.07, 6.45) is 0.858. The molecular formula is C26H24N4O6. The number of carbonyl (C=O) groups excluding carboxylic acids is 1. The fourth-order valence-corrected chi connectivity index (χ4v) is 4.18. The lowest BCUT2D eigenvalue weighted by Crippen LogP contribution is -2.36. The molecule has 0 atom stereocenters. The molecule has 1 saturated heterocycles. The number of aryl methyl sites for hydroxylation is 1. The van der Waals surface area contributed by atoms with Crippen molar-refractivity contribution in [2.45, 2.75) is 13.3 Å². The van der Waals surface area contributed by atoms with Gasteiger partial charge in [0, 0.05) is 30.4 Å². The van der Waals surface area contributed by atoms with Gasteiger partial charge < -0.3 is 24.5 Å². The van der Waals surface area contributed by atoms with Crippen molar-refractivity contribution in [1.82, 2.24) is 4.98 Å². The van der Waals surface area contributed by atoms with Crippen LogP contribution in [0.1, 0.15) is 22.8 Å². The Morgan fingerprint density at radius 3 is 2.69 bits per heavy atom. The summed E-state index contributed by atoms with van der Waals surface area (Å²) in [6, 6.07) is 14.6. The molecule has 2 N–H and O–H groups in total. The maximum absolute atomic E-state index is 13.0. The number of aromatic nitrogens is 1. The topological polar surface area (TPSA) is 131 Å². The fraction of sp³-hybridized carbons (Fsp3) is 0.231. The minimum Gasteiger partial charge on any atom is -0.507 e. The number of phenols is 1. The predicted octanol–water partition coefficient (Wildman–Crippen LogP) is 4.76. The largest absolute Gasteiger partial charge is 0.507 e. The number of carbonyl (C=O) groups is 1. The Morgan fingerprint density at radius 1 is 1.14 bits per heavy atom. The van der Waals surface area contributed by atoms with Gasteiger partial charge in [-0.15, -0.1) is 0 Å². The van der Waals surface area contributed by atoms with Crippen LogP contribution in [0.2, 0.25) is 0 Å². The maximum atomic E-state index is 13.0. The Labute approximate surface area is 206 Å². The van der Waals surface area contributed by atoms with Gasteiger partial charge in [0.1, 0.15) is 17.0 Å². The molecule has 10 nitrogen and oxygen atoms in total. The molecule has 0 radical (unpaired) electrons. The first kappa shape index (κ1) is 23.3. The Balaban J connectivity index is 1.41.